The van der Waals surface area contributed by atoms with Gasteiger partial charge in [-0.05, 0) is 211 Å². The first kappa shape index (κ1) is 67.4. The first-order chi connectivity index (χ1) is 38.6. The molecule has 2 aromatic rings. The number of aliphatic carboxylic acids is 1. The van der Waals surface area contributed by atoms with Gasteiger partial charge >= 0.3 is 17.9 Å². The minimum atomic E-state index is -0.649. The Bertz CT molecular complexity index is 2520. The zero-order valence-corrected chi connectivity index (χ0v) is 55.0. The molecule has 2 aromatic heterocycles. The lowest BCUT2D eigenvalue weighted by atomic mass is 9.85. The Morgan fingerprint density at radius 2 is 0.963 bits per heavy atom. The quantitative estimate of drug-likeness (QED) is 0.0987. The van der Waals surface area contributed by atoms with Crippen LogP contribution in [0.4, 0.5) is 11.4 Å². The highest BCUT2D eigenvalue weighted by Crippen LogP contribution is 2.43. The van der Waals surface area contributed by atoms with E-state index >= 15 is 0 Å². The van der Waals surface area contributed by atoms with Crippen molar-refractivity contribution in [1.29, 1.82) is 0 Å². The molecule has 0 unspecified atom stereocenters. The summed E-state index contributed by atoms with van der Waals surface area (Å²) in [5.41, 5.74) is 7.02. The number of nitrogens with zero attached hydrogens (tertiary/aromatic N) is 1. The van der Waals surface area contributed by atoms with E-state index in [1.54, 1.807) is 0 Å². The van der Waals surface area contributed by atoms with Gasteiger partial charge in [0.05, 0.1) is 63.7 Å². The van der Waals surface area contributed by atoms with E-state index in [9.17, 15) is 28.8 Å². The van der Waals surface area contributed by atoms with E-state index in [1.165, 1.54) is 59.2 Å². The number of hydrogen-bond acceptors (Lipinski definition) is 15. The fourth-order valence-corrected chi connectivity index (χ4v) is 15.1. The number of carbonyl (C=O) groups is 6. The van der Waals surface area contributed by atoms with Gasteiger partial charge in [0.1, 0.15) is 9.75 Å². The predicted octanol–water partition coefficient (Wildman–Crippen LogP) is 15.0. The standard InChI is InChI=1S/C22H28INO5S.C14H18INO4S.2C8H11ClO.C8H12O2/c1-14-3-5-15(6-4-14)20(25)24(17-13-18(23)30-19(17)21(26)27-2)16-7-9-22(10-8-16)28-11-12-29-22;1-18-13(17)12-10(8-11(15)21-12)16-9-2-4-14(5-3-9)19-6-7-20-14;3*1-6-2-4-7(5-3-6)8(9)10/h3,13,15-16H,4-12H2,1-2H3;8-9,16H,2-7H2,1H3;2*2,7H,3-5H2,1H3;2,7H,3-5H2,1H3,(H,9,10)/t15-;;3*7-/m0.000/s1. The van der Waals surface area contributed by atoms with E-state index in [0.717, 1.165) is 140 Å². The van der Waals surface area contributed by atoms with E-state index in [2.05, 4.69) is 96.4 Å². The van der Waals surface area contributed by atoms with Gasteiger partial charge in [0.2, 0.25) is 16.4 Å². The molecule has 10 rings (SSSR count). The Balaban J connectivity index is 0.000000179. The maximum Gasteiger partial charge on any atom is 0.350 e. The van der Waals surface area contributed by atoms with Crippen molar-refractivity contribution in [1.82, 2.24) is 0 Å². The molecule has 0 aromatic carbocycles. The van der Waals surface area contributed by atoms with Gasteiger partial charge in [-0.1, -0.05) is 46.6 Å². The second-order valence-electron chi connectivity index (χ2n) is 22.1. The minimum Gasteiger partial charge on any atom is -0.481 e. The highest BCUT2D eigenvalue weighted by atomic mass is 127. The minimum absolute atomic E-state index is 0.0248. The number of carbonyl (C=O) groups excluding carboxylic acids is 5. The third kappa shape index (κ3) is 20.2. The number of thiophene rings is 2. The van der Waals surface area contributed by atoms with E-state index in [4.69, 9.17) is 56.7 Å². The van der Waals surface area contributed by atoms with Crippen molar-refractivity contribution in [2.24, 2.45) is 23.7 Å². The summed E-state index contributed by atoms with van der Waals surface area (Å²) < 4.78 is 35.2. The number of amides is 1. The first-order valence-electron chi connectivity index (χ1n) is 28.3. The fourth-order valence-electron chi connectivity index (χ4n) is 11.2. The monoisotopic (exact) mass is 1420 g/mol. The number of ether oxygens (including phenoxy) is 6. The summed E-state index contributed by atoms with van der Waals surface area (Å²) in [6.07, 6.45) is 26.0. The van der Waals surface area contributed by atoms with Gasteiger partial charge in [0.25, 0.3) is 0 Å². The normalized spacial score (nSPS) is 24.7. The highest BCUT2D eigenvalue weighted by molar-refractivity contribution is 14.1. The Labute approximate surface area is 523 Å². The van der Waals surface area contributed by atoms with Crippen molar-refractivity contribution in [3.8, 4) is 0 Å². The van der Waals surface area contributed by atoms with Crippen LogP contribution in [0, 0.1) is 29.4 Å². The number of esters is 2. The van der Waals surface area contributed by atoms with Crippen LogP contribution < -0.4 is 10.2 Å². The predicted molar refractivity (Wildman–Crippen MR) is 335 cm³/mol. The molecule has 0 radical (unpaired) electrons. The molecule has 6 aliphatic carbocycles. The van der Waals surface area contributed by atoms with Crippen LogP contribution in [0.5, 0.6) is 0 Å². The molecule has 1 amide bonds. The molecular formula is C60H80Cl2I2N2O13S2. The van der Waals surface area contributed by atoms with E-state index in [1.807, 2.05) is 23.1 Å². The molecule has 81 heavy (non-hydrogen) atoms. The zero-order valence-electron chi connectivity index (χ0n) is 47.5. The molecule has 4 atom stereocenters. The first-order valence-corrected chi connectivity index (χ1v) is 32.8. The smallest absolute Gasteiger partial charge is 0.350 e. The summed E-state index contributed by atoms with van der Waals surface area (Å²) in [6.45, 7) is 11.0. The van der Waals surface area contributed by atoms with Crippen LogP contribution in [0.25, 0.3) is 0 Å². The van der Waals surface area contributed by atoms with Gasteiger partial charge in [-0.25, -0.2) is 9.59 Å². The fraction of sp³-hybridized carbons (Fsp3) is 0.633. The van der Waals surface area contributed by atoms with Crippen molar-refractivity contribution < 1.29 is 62.3 Å². The van der Waals surface area contributed by atoms with Crippen molar-refractivity contribution in [3.63, 3.8) is 0 Å². The van der Waals surface area contributed by atoms with Gasteiger partial charge in [0, 0.05) is 55.5 Å². The summed E-state index contributed by atoms with van der Waals surface area (Å²) in [4.78, 5) is 72.8. The number of rotatable bonds is 10. The summed E-state index contributed by atoms with van der Waals surface area (Å²) in [5.74, 6) is -2.01. The van der Waals surface area contributed by atoms with Gasteiger partial charge in [-0.15, -0.1) is 22.7 Å². The molecule has 15 nitrogen and oxygen atoms in total. The van der Waals surface area contributed by atoms with E-state index < -0.39 is 11.8 Å². The summed E-state index contributed by atoms with van der Waals surface area (Å²) in [5, 5.41) is 11.7. The molecule has 21 heteroatoms. The van der Waals surface area contributed by atoms with E-state index in [-0.39, 0.29) is 63.8 Å². The number of carboxylic acids is 1. The Kier molecular flexibility index (Phi) is 27.2. The highest BCUT2D eigenvalue weighted by Gasteiger charge is 2.45. The van der Waals surface area contributed by atoms with Crippen molar-refractivity contribution in [2.75, 3.05) is 50.9 Å². The van der Waals surface area contributed by atoms with Crippen LogP contribution in [0.15, 0.2) is 58.7 Å². The number of halogens is 4. The van der Waals surface area contributed by atoms with E-state index in [0.29, 0.717) is 47.9 Å². The molecule has 4 heterocycles. The number of carboxylic acid groups (broad SMARTS) is 1. The molecule has 0 bridgehead atoms. The third-order valence-electron chi connectivity index (χ3n) is 16.3. The van der Waals surface area contributed by atoms with Gasteiger partial charge in [0.15, 0.2) is 11.6 Å². The van der Waals surface area contributed by atoms with Crippen LogP contribution in [0.1, 0.15) is 175 Å². The second kappa shape index (κ2) is 32.7. The maximum absolute atomic E-state index is 13.8. The average molecular weight is 1430 g/mol. The molecule has 2 spiro atoms. The zero-order chi connectivity index (χ0) is 58.9. The van der Waals surface area contributed by atoms with Crippen LogP contribution in [0.3, 0.4) is 0 Å². The number of allylic oxidation sites excluding steroid dienone is 8. The lowest BCUT2D eigenvalue weighted by Gasteiger charge is -2.41. The summed E-state index contributed by atoms with van der Waals surface area (Å²) in [7, 11) is 2.80. The molecule has 2 N–H and O–H groups in total. The van der Waals surface area contributed by atoms with Crippen LogP contribution in [0.2, 0.25) is 0 Å². The average Bonchev–Trinajstić information content (AvgIpc) is 4.34. The van der Waals surface area contributed by atoms with Crippen molar-refractivity contribution in [3.05, 3.63) is 74.3 Å². The maximum atomic E-state index is 13.8. The summed E-state index contributed by atoms with van der Waals surface area (Å²) >= 11 is 17.9. The molecule has 2 aliphatic heterocycles. The van der Waals surface area contributed by atoms with Crippen LogP contribution in [-0.4, -0.2) is 104 Å². The lowest BCUT2D eigenvalue weighted by molar-refractivity contribution is -0.179. The SMILES string of the molecule is CC1=CC[C@H](C(=O)Cl)CC1.CC1=CC[C@H](C(=O)Cl)CC1.CC1=CC[C@H](C(=O)O)CC1.COC(=O)c1sc(I)cc1N(C(=O)[C@H]1CC=C(C)CC1)C1CCC2(CC1)OCCO2.COC(=O)c1sc(I)cc1NC1CCC2(CC1)OCCO2. The van der Waals surface area contributed by atoms with Crippen LogP contribution in [-0.2, 0) is 47.6 Å². The van der Waals surface area contributed by atoms with Gasteiger partial charge in [-0.3, -0.25) is 19.2 Å². The van der Waals surface area contributed by atoms with Gasteiger partial charge in [-0.2, -0.15) is 0 Å². The molecule has 2 saturated heterocycles. The molecule has 4 fully saturated rings. The largest absolute Gasteiger partial charge is 0.481 e. The van der Waals surface area contributed by atoms with Gasteiger partial charge < -0.3 is 43.7 Å². The Hall–Kier alpha value is -2.74. The van der Waals surface area contributed by atoms with Crippen molar-refractivity contribution >= 4 is 137 Å². The Morgan fingerprint density at radius 1 is 0.580 bits per heavy atom. The Morgan fingerprint density at radius 3 is 1.36 bits per heavy atom. The third-order valence-corrected chi connectivity index (χ3v) is 20.7. The number of nitrogens with one attached hydrogen (secondary N) is 1. The van der Waals surface area contributed by atoms with Crippen molar-refractivity contribution in [2.45, 2.75) is 180 Å². The summed E-state index contributed by atoms with van der Waals surface area (Å²) in [6, 6.07) is 4.32. The number of anilines is 2. The number of hydrogen-bond donors (Lipinski definition) is 2. The molecule has 2 saturated carbocycles. The molecule has 448 valence electrons. The topological polar surface area (TPSA) is 193 Å². The second-order valence-corrected chi connectivity index (χ2v) is 28.8. The molecular weight excluding hydrogens is 1350 g/mol. The molecule has 8 aliphatic rings. The lowest BCUT2D eigenvalue weighted by Crippen LogP contribution is -2.49. The number of methoxy groups -OCH3 is 2. The van der Waals surface area contributed by atoms with Crippen LogP contribution >= 0.6 is 91.1 Å².